The van der Waals surface area contributed by atoms with Crippen LogP contribution in [0.1, 0.15) is 12.7 Å². The summed E-state index contributed by atoms with van der Waals surface area (Å²) < 4.78 is 34.2. The van der Waals surface area contributed by atoms with Gasteiger partial charge >= 0.3 is 5.97 Å². The summed E-state index contributed by atoms with van der Waals surface area (Å²) in [5.41, 5.74) is 0.646. The Labute approximate surface area is 123 Å². The number of hydrogen-bond donors (Lipinski definition) is 0. The summed E-state index contributed by atoms with van der Waals surface area (Å²) in [6.45, 7) is 1.97. The van der Waals surface area contributed by atoms with E-state index in [0.29, 0.717) is 5.56 Å². The van der Waals surface area contributed by atoms with Crippen molar-refractivity contribution in [3.8, 4) is 11.3 Å². The SMILES string of the molecule is CCOC(=O)Cc1cc(S(C)(=O)=O)c(-c2ccccc2)o1. The van der Waals surface area contributed by atoms with Crippen molar-refractivity contribution in [2.24, 2.45) is 0 Å². The largest absolute Gasteiger partial charge is 0.466 e. The van der Waals surface area contributed by atoms with Crippen molar-refractivity contribution in [3.05, 3.63) is 42.2 Å². The number of benzene rings is 1. The molecule has 0 N–H and O–H groups in total. The first-order chi connectivity index (χ1) is 9.91. The quantitative estimate of drug-likeness (QED) is 0.793. The highest BCUT2D eigenvalue weighted by molar-refractivity contribution is 7.90. The molecular formula is C15H16O5S. The fraction of sp³-hybridized carbons (Fsp3) is 0.267. The van der Waals surface area contributed by atoms with Gasteiger partial charge in [0.1, 0.15) is 17.1 Å². The van der Waals surface area contributed by atoms with Gasteiger partial charge in [-0.2, -0.15) is 0 Å². The number of furan rings is 1. The van der Waals surface area contributed by atoms with E-state index in [1.54, 1.807) is 31.2 Å². The van der Waals surface area contributed by atoms with Crippen LogP contribution in [0.2, 0.25) is 0 Å². The van der Waals surface area contributed by atoms with Crippen LogP contribution in [0.5, 0.6) is 0 Å². The monoisotopic (exact) mass is 308 g/mol. The van der Waals surface area contributed by atoms with Crippen LogP contribution in [0, 0.1) is 0 Å². The van der Waals surface area contributed by atoms with Gasteiger partial charge in [-0.25, -0.2) is 8.42 Å². The van der Waals surface area contributed by atoms with Gasteiger partial charge in [-0.15, -0.1) is 0 Å². The van der Waals surface area contributed by atoms with E-state index < -0.39 is 15.8 Å². The van der Waals surface area contributed by atoms with Gasteiger partial charge < -0.3 is 9.15 Å². The minimum atomic E-state index is -3.45. The first kappa shape index (κ1) is 15.3. The third-order valence-corrected chi connectivity index (χ3v) is 3.91. The van der Waals surface area contributed by atoms with E-state index in [-0.39, 0.29) is 29.4 Å². The summed E-state index contributed by atoms with van der Waals surface area (Å²) in [6.07, 6.45) is 1.02. The molecule has 2 rings (SSSR count). The van der Waals surface area contributed by atoms with Crippen molar-refractivity contribution < 1.29 is 22.4 Å². The van der Waals surface area contributed by atoms with Crippen molar-refractivity contribution in [3.63, 3.8) is 0 Å². The molecule has 0 amide bonds. The summed E-state index contributed by atoms with van der Waals surface area (Å²) in [6, 6.07) is 10.3. The van der Waals surface area contributed by atoms with Gasteiger partial charge in [0.15, 0.2) is 15.6 Å². The molecule has 1 aromatic carbocycles. The molecule has 0 saturated carbocycles. The normalized spacial score (nSPS) is 11.3. The third-order valence-electron chi connectivity index (χ3n) is 2.81. The van der Waals surface area contributed by atoms with Crippen LogP contribution in [-0.2, 0) is 25.8 Å². The molecule has 0 aliphatic carbocycles. The molecule has 0 saturated heterocycles. The average molecular weight is 308 g/mol. The molecule has 2 aromatic rings. The number of rotatable bonds is 5. The van der Waals surface area contributed by atoms with E-state index in [2.05, 4.69) is 0 Å². The highest BCUT2D eigenvalue weighted by Crippen LogP contribution is 2.31. The van der Waals surface area contributed by atoms with E-state index in [4.69, 9.17) is 9.15 Å². The molecule has 0 bridgehead atoms. The Kier molecular flexibility index (Phi) is 4.47. The minimum Gasteiger partial charge on any atom is -0.466 e. The summed E-state index contributed by atoms with van der Waals surface area (Å²) in [7, 11) is -3.45. The molecule has 1 aromatic heterocycles. The van der Waals surface area contributed by atoms with Gasteiger partial charge in [-0.3, -0.25) is 4.79 Å². The predicted octanol–water partition coefficient (Wildman–Crippen LogP) is 2.46. The Morgan fingerprint density at radius 1 is 1.24 bits per heavy atom. The van der Waals surface area contributed by atoms with Gasteiger partial charge in [-0.1, -0.05) is 30.3 Å². The van der Waals surface area contributed by atoms with Crippen molar-refractivity contribution >= 4 is 15.8 Å². The maximum Gasteiger partial charge on any atom is 0.313 e. The molecule has 0 aliphatic rings. The Hall–Kier alpha value is -2.08. The van der Waals surface area contributed by atoms with Crippen molar-refractivity contribution in [1.29, 1.82) is 0 Å². The topological polar surface area (TPSA) is 73.6 Å². The van der Waals surface area contributed by atoms with E-state index >= 15 is 0 Å². The van der Waals surface area contributed by atoms with E-state index in [0.717, 1.165) is 6.26 Å². The Balaban J connectivity index is 2.44. The lowest BCUT2D eigenvalue weighted by molar-refractivity contribution is -0.142. The molecule has 0 fully saturated rings. The predicted molar refractivity (Wildman–Crippen MR) is 77.6 cm³/mol. The Morgan fingerprint density at radius 2 is 1.90 bits per heavy atom. The summed E-state index contributed by atoms with van der Waals surface area (Å²) >= 11 is 0. The average Bonchev–Trinajstić information content (AvgIpc) is 2.84. The minimum absolute atomic E-state index is 0.0769. The van der Waals surface area contributed by atoms with E-state index in [1.165, 1.54) is 6.07 Å². The lowest BCUT2D eigenvalue weighted by atomic mass is 10.2. The van der Waals surface area contributed by atoms with Crippen LogP contribution in [0.4, 0.5) is 0 Å². The van der Waals surface area contributed by atoms with Gasteiger partial charge in [0.05, 0.1) is 6.61 Å². The highest BCUT2D eigenvalue weighted by Gasteiger charge is 2.22. The smallest absolute Gasteiger partial charge is 0.313 e. The molecule has 0 aliphatic heterocycles. The molecule has 0 radical (unpaired) electrons. The fourth-order valence-corrected chi connectivity index (χ4v) is 2.77. The van der Waals surface area contributed by atoms with Gasteiger partial charge in [0.2, 0.25) is 0 Å². The molecule has 5 nitrogen and oxygen atoms in total. The van der Waals surface area contributed by atoms with Gasteiger partial charge in [0.25, 0.3) is 0 Å². The van der Waals surface area contributed by atoms with Crippen LogP contribution in [0.25, 0.3) is 11.3 Å². The van der Waals surface area contributed by atoms with Crippen LogP contribution in [0.15, 0.2) is 45.7 Å². The molecule has 0 unspecified atom stereocenters. The van der Waals surface area contributed by atoms with Crippen molar-refractivity contribution in [2.75, 3.05) is 12.9 Å². The second-order valence-corrected chi connectivity index (χ2v) is 6.51. The second-order valence-electron chi connectivity index (χ2n) is 4.53. The first-order valence-electron chi connectivity index (χ1n) is 6.45. The number of hydrogen-bond acceptors (Lipinski definition) is 5. The third kappa shape index (κ3) is 3.72. The molecule has 1 heterocycles. The van der Waals surface area contributed by atoms with Crippen LogP contribution in [-0.4, -0.2) is 27.2 Å². The summed E-state index contributed by atoms with van der Waals surface area (Å²) in [4.78, 5) is 11.6. The molecule has 0 atom stereocenters. The fourth-order valence-electron chi connectivity index (χ4n) is 1.93. The molecule has 6 heteroatoms. The van der Waals surface area contributed by atoms with Crippen LogP contribution >= 0.6 is 0 Å². The maximum atomic E-state index is 11.9. The Morgan fingerprint density at radius 3 is 2.48 bits per heavy atom. The number of ether oxygens (including phenoxy) is 1. The number of esters is 1. The highest BCUT2D eigenvalue weighted by atomic mass is 32.2. The lowest BCUT2D eigenvalue weighted by Gasteiger charge is -2.00. The second kappa shape index (κ2) is 6.13. The number of carbonyl (C=O) groups excluding carboxylic acids is 1. The lowest BCUT2D eigenvalue weighted by Crippen LogP contribution is -2.06. The van der Waals surface area contributed by atoms with Crippen molar-refractivity contribution in [1.82, 2.24) is 0 Å². The first-order valence-corrected chi connectivity index (χ1v) is 8.34. The van der Waals surface area contributed by atoms with Crippen LogP contribution in [0.3, 0.4) is 0 Å². The van der Waals surface area contributed by atoms with Crippen LogP contribution < -0.4 is 0 Å². The number of carbonyl (C=O) groups is 1. The van der Waals surface area contributed by atoms with Gasteiger partial charge in [-0.05, 0) is 13.0 Å². The molecule has 112 valence electrons. The van der Waals surface area contributed by atoms with Crippen molar-refractivity contribution in [2.45, 2.75) is 18.2 Å². The summed E-state index contributed by atoms with van der Waals surface area (Å²) in [5, 5.41) is 0. The summed E-state index contributed by atoms with van der Waals surface area (Å²) in [5.74, 6) is 0.0658. The zero-order chi connectivity index (χ0) is 15.5. The van der Waals surface area contributed by atoms with E-state index in [9.17, 15) is 13.2 Å². The van der Waals surface area contributed by atoms with Gasteiger partial charge in [0, 0.05) is 11.8 Å². The zero-order valence-corrected chi connectivity index (χ0v) is 12.6. The molecule has 0 spiro atoms. The standard InChI is InChI=1S/C15H16O5S/c1-3-19-14(16)10-12-9-13(21(2,17)18)15(20-12)11-7-5-4-6-8-11/h4-9H,3,10H2,1-2H3. The maximum absolute atomic E-state index is 11.9. The number of sulfone groups is 1. The zero-order valence-electron chi connectivity index (χ0n) is 11.8. The van der Waals surface area contributed by atoms with E-state index in [1.807, 2.05) is 6.07 Å². The molecule has 21 heavy (non-hydrogen) atoms. The molecular weight excluding hydrogens is 292 g/mol. The Bertz CT molecular complexity index is 729.